The molecule has 3 heteroatoms. The van der Waals surface area contributed by atoms with E-state index in [9.17, 15) is 4.79 Å². The molecule has 0 fully saturated rings. The molecule has 1 heterocycles. The smallest absolute Gasteiger partial charge is 0.352 e. The Morgan fingerprint density at radius 2 is 2.23 bits per heavy atom. The molecule has 1 aliphatic carbocycles. The van der Waals surface area contributed by atoms with Crippen LogP contribution in [0.5, 0.6) is 0 Å². The van der Waals surface area contributed by atoms with Gasteiger partial charge in [-0.1, -0.05) is 13.8 Å². The Labute approximate surface area is 76.8 Å². The summed E-state index contributed by atoms with van der Waals surface area (Å²) in [5.41, 5.74) is 2.77. The Hall–Kier alpha value is -1.25. The first-order valence-electron chi connectivity index (χ1n) is 4.42. The number of aromatic carboxylic acids is 1. The number of H-pyrrole nitrogens is 1. The first-order chi connectivity index (χ1) is 5.99. The van der Waals surface area contributed by atoms with Gasteiger partial charge in [-0.05, 0) is 29.4 Å². The molecule has 13 heavy (non-hydrogen) atoms. The van der Waals surface area contributed by atoms with Crippen molar-refractivity contribution >= 4 is 5.97 Å². The van der Waals surface area contributed by atoms with Crippen molar-refractivity contribution in [3.8, 4) is 0 Å². The lowest BCUT2D eigenvalue weighted by molar-refractivity contribution is 0.0690. The minimum Gasteiger partial charge on any atom is -0.477 e. The number of fused-ring (bicyclic) bond motifs is 1. The number of rotatable bonds is 1. The Bertz CT molecular complexity index is 363. The van der Waals surface area contributed by atoms with Crippen LogP contribution in [0.15, 0.2) is 6.20 Å². The molecule has 3 nitrogen and oxygen atoms in total. The molecule has 2 rings (SSSR count). The third kappa shape index (κ3) is 1.24. The zero-order valence-corrected chi connectivity index (χ0v) is 7.85. The maximum Gasteiger partial charge on any atom is 0.352 e. The fourth-order valence-corrected chi connectivity index (χ4v) is 2.10. The van der Waals surface area contributed by atoms with Gasteiger partial charge in [-0.3, -0.25) is 0 Å². The molecule has 0 aliphatic heterocycles. The summed E-state index contributed by atoms with van der Waals surface area (Å²) in [6.07, 6.45) is 3.67. The van der Waals surface area contributed by atoms with E-state index in [4.69, 9.17) is 5.11 Å². The predicted molar refractivity (Wildman–Crippen MR) is 48.9 cm³/mol. The number of carbonyl (C=O) groups is 1. The van der Waals surface area contributed by atoms with Crippen molar-refractivity contribution in [2.24, 2.45) is 5.41 Å². The molecular weight excluding hydrogens is 166 g/mol. The van der Waals surface area contributed by atoms with Gasteiger partial charge in [0.1, 0.15) is 5.69 Å². The topological polar surface area (TPSA) is 53.1 Å². The van der Waals surface area contributed by atoms with Gasteiger partial charge in [0.25, 0.3) is 0 Å². The van der Waals surface area contributed by atoms with Gasteiger partial charge in [0.15, 0.2) is 0 Å². The van der Waals surface area contributed by atoms with E-state index in [2.05, 4.69) is 18.8 Å². The molecule has 1 aromatic rings. The Morgan fingerprint density at radius 1 is 1.54 bits per heavy atom. The molecule has 0 aromatic carbocycles. The van der Waals surface area contributed by atoms with Crippen molar-refractivity contribution in [1.82, 2.24) is 4.98 Å². The van der Waals surface area contributed by atoms with Gasteiger partial charge < -0.3 is 10.1 Å². The maximum absolute atomic E-state index is 10.8. The molecule has 0 atom stereocenters. The molecule has 1 aliphatic rings. The highest BCUT2D eigenvalue weighted by atomic mass is 16.4. The number of hydrogen-bond donors (Lipinski definition) is 2. The Kier molecular flexibility index (Phi) is 1.53. The Balaban J connectivity index is 2.43. The first kappa shape index (κ1) is 8.35. The monoisotopic (exact) mass is 179 g/mol. The van der Waals surface area contributed by atoms with E-state index < -0.39 is 5.97 Å². The molecule has 0 radical (unpaired) electrons. The van der Waals surface area contributed by atoms with Crippen LogP contribution < -0.4 is 0 Å². The van der Waals surface area contributed by atoms with E-state index >= 15 is 0 Å². The average molecular weight is 179 g/mol. The number of aromatic amines is 1. The van der Waals surface area contributed by atoms with Crippen LogP contribution in [0.25, 0.3) is 0 Å². The summed E-state index contributed by atoms with van der Waals surface area (Å²) in [6, 6.07) is 0. The lowest BCUT2D eigenvalue weighted by Gasteiger charge is -2.15. The summed E-state index contributed by atoms with van der Waals surface area (Å²) in [5.74, 6) is -0.848. The molecular formula is C10H13NO2. The number of carboxylic acid groups (broad SMARTS) is 1. The van der Waals surface area contributed by atoms with Gasteiger partial charge in [-0.2, -0.15) is 0 Å². The Morgan fingerprint density at radius 3 is 2.85 bits per heavy atom. The zero-order valence-electron chi connectivity index (χ0n) is 7.85. The van der Waals surface area contributed by atoms with E-state index in [-0.39, 0.29) is 5.41 Å². The van der Waals surface area contributed by atoms with E-state index in [1.54, 1.807) is 0 Å². The van der Waals surface area contributed by atoms with E-state index in [1.807, 2.05) is 6.20 Å². The minimum absolute atomic E-state index is 0.226. The lowest BCUT2D eigenvalue weighted by atomic mass is 9.90. The van der Waals surface area contributed by atoms with Crippen LogP contribution >= 0.6 is 0 Å². The van der Waals surface area contributed by atoms with Crippen LogP contribution in [0.3, 0.4) is 0 Å². The summed E-state index contributed by atoms with van der Waals surface area (Å²) < 4.78 is 0. The van der Waals surface area contributed by atoms with Gasteiger partial charge in [0, 0.05) is 6.20 Å². The van der Waals surface area contributed by atoms with Crippen LogP contribution in [-0.4, -0.2) is 16.1 Å². The molecule has 0 spiro atoms. The second-order valence-electron chi connectivity index (χ2n) is 4.49. The van der Waals surface area contributed by atoms with E-state index in [1.165, 1.54) is 5.56 Å². The molecule has 0 unspecified atom stereocenters. The molecule has 0 amide bonds. The van der Waals surface area contributed by atoms with Crippen molar-refractivity contribution in [1.29, 1.82) is 0 Å². The third-order valence-electron chi connectivity index (χ3n) is 2.62. The maximum atomic E-state index is 10.8. The predicted octanol–water partition coefficient (Wildman–Crippen LogP) is 1.84. The first-order valence-corrected chi connectivity index (χ1v) is 4.42. The molecule has 0 saturated carbocycles. The van der Waals surface area contributed by atoms with Gasteiger partial charge in [0.2, 0.25) is 0 Å². The fourth-order valence-electron chi connectivity index (χ4n) is 2.10. The number of carboxylic acids is 1. The van der Waals surface area contributed by atoms with Crippen LogP contribution in [0, 0.1) is 5.41 Å². The summed E-state index contributed by atoms with van der Waals surface area (Å²) in [7, 11) is 0. The van der Waals surface area contributed by atoms with Crippen LogP contribution in [0.1, 0.15) is 35.5 Å². The molecule has 2 N–H and O–H groups in total. The second-order valence-corrected chi connectivity index (χ2v) is 4.49. The number of aromatic nitrogens is 1. The highest BCUT2D eigenvalue weighted by Gasteiger charge is 2.32. The molecule has 0 bridgehead atoms. The van der Waals surface area contributed by atoms with Crippen LogP contribution in [0.4, 0.5) is 0 Å². The normalized spacial score (nSPS) is 18.6. The van der Waals surface area contributed by atoms with Gasteiger partial charge >= 0.3 is 5.97 Å². The van der Waals surface area contributed by atoms with Gasteiger partial charge in [-0.15, -0.1) is 0 Å². The zero-order chi connectivity index (χ0) is 9.64. The van der Waals surface area contributed by atoms with Crippen molar-refractivity contribution in [2.75, 3.05) is 0 Å². The van der Waals surface area contributed by atoms with E-state index in [0.717, 1.165) is 18.4 Å². The van der Waals surface area contributed by atoms with Gasteiger partial charge in [0.05, 0.1) is 0 Å². The van der Waals surface area contributed by atoms with E-state index in [0.29, 0.717) is 5.69 Å². The lowest BCUT2D eigenvalue weighted by Crippen LogP contribution is -2.11. The summed E-state index contributed by atoms with van der Waals surface area (Å²) in [5, 5.41) is 8.88. The quantitative estimate of drug-likeness (QED) is 0.691. The largest absolute Gasteiger partial charge is 0.477 e. The summed E-state index contributed by atoms with van der Waals surface area (Å²) in [6.45, 7) is 4.33. The average Bonchev–Trinajstić information content (AvgIpc) is 2.41. The highest BCUT2D eigenvalue weighted by Crippen LogP contribution is 2.37. The van der Waals surface area contributed by atoms with Crippen molar-refractivity contribution in [3.63, 3.8) is 0 Å². The van der Waals surface area contributed by atoms with Crippen LogP contribution in [-0.2, 0) is 12.8 Å². The van der Waals surface area contributed by atoms with Crippen LogP contribution in [0.2, 0.25) is 0 Å². The number of nitrogens with one attached hydrogen (secondary N) is 1. The molecule has 1 aromatic heterocycles. The summed E-state index contributed by atoms with van der Waals surface area (Å²) >= 11 is 0. The summed E-state index contributed by atoms with van der Waals surface area (Å²) in [4.78, 5) is 13.6. The fraction of sp³-hybridized carbons (Fsp3) is 0.500. The van der Waals surface area contributed by atoms with Crippen molar-refractivity contribution in [2.45, 2.75) is 26.7 Å². The minimum atomic E-state index is -0.848. The standard InChI is InChI=1S/C10H13NO2/c1-10(2)3-6-5-11-8(9(12)13)7(6)4-10/h5,11H,3-4H2,1-2H3,(H,12,13). The number of hydrogen-bond acceptors (Lipinski definition) is 1. The van der Waals surface area contributed by atoms with Crippen molar-refractivity contribution in [3.05, 3.63) is 23.0 Å². The van der Waals surface area contributed by atoms with Crippen molar-refractivity contribution < 1.29 is 9.90 Å². The van der Waals surface area contributed by atoms with Gasteiger partial charge in [-0.25, -0.2) is 4.79 Å². The second kappa shape index (κ2) is 2.37. The highest BCUT2D eigenvalue weighted by molar-refractivity contribution is 5.88. The SMILES string of the molecule is CC1(C)Cc2c[nH]c(C(=O)O)c2C1. The molecule has 0 saturated heterocycles. The third-order valence-corrected chi connectivity index (χ3v) is 2.62. The molecule has 70 valence electrons.